The molecule has 1 fully saturated rings. The maximum Gasteiger partial charge on any atom is 0.286 e. The van der Waals surface area contributed by atoms with E-state index in [-0.39, 0.29) is 5.56 Å². The molecule has 0 aliphatic heterocycles. The van der Waals surface area contributed by atoms with E-state index in [1.165, 1.54) is 12.8 Å². The second kappa shape index (κ2) is 4.60. The van der Waals surface area contributed by atoms with Gasteiger partial charge in [0.05, 0.1) is 11.4 Å². The fourth-order valence-electron chi connectivity index (χ4n) is 3.05. The third-order valence-electron chi connectivity index (χ3n) is 4.21. The van der Waals surface area contributed by atoms with E-state index in [4.69, 9.17) is 0 Å². The standard InChI is InChI=1S/C17H15BrN2O/c1-19-16(12-9-10-12)15(18)17(21)20(19)14-8-4-6-11-5-2-3-7-13(11)14/h2-8,12H,9-10H2,1H3. The monoisotopic (exact) mass is 342 g/mol. The van der Waals surface area contributed by atoms with Gasteiger partial charge >= 0.3 is 0 Å². The lowest BCUT2D eigenvalue weighted by Crippen LogP contribution is -2.20. The highest BCUT2D eigenvalue weighted by molar-refractivity contribution is 9.10. The van der Waals surface area contributed by atoms with E-state index in [0.717, 1.165) is 22.2 Å². The molecule has 0 unspecified atom stereocenters. The van der Waals surface area contributed by atoms with E-state index in [0.29, 0.717) is 10.4 Å². The van der Waals surface area contributed by atoms with E-state index in [1.807, 2.05) is 36.0 Å². The number of halogens is 1. The van der Waals surface area contributed by atoms with Crippen molar-refractivity contribution in [3.05, 3.63) is 63.0 Å². The molecule has 2 aromatic carbocycles. The summed E-state index contributed by atoms with van der Waals surface area (Å²) < 4.78 is 4.49. The van der Waals surface area contributed by atoms with Crippen LogP contribution >= 0.6 is 15.9 Å². The van der Waals surface area contributed by atoms with Crippen LogP contribution in [0.4, 0.5) is 0 Å². The maximum absolute atomic E-state index is 12.7. The SMILES string of the molecule is Cn1c(C2CC2)c(Br)c(=O)n1-c1cccc2ccccc12. The smallest absolute Gasteiger partial charge is 0.284 e. The van der Waals surface area contributed by atoms with Gasteiger partial charge in [0.25, 0.3) is 5.56 Å². The molecule has 21 heavy (non-hydrogen) atoms. The predicted molar refractivity (Wildman–Crippen MR) is 88.2 cm³/mol. The van der Waals surface area contributed by atoms with E-state index in [9.17, 15) is 4.79 Å². The van der Waals surface area contributed by atoms with Crippen LogP contribution in [0.15, 0.2) is 51.7 Å². The first-order valence-electron chi connectivity index (χ1n) is 7.14. The molecule has 1 heterocycles. The van der Waals surface area contributed by atoms with E-state index in [1.54, 1.807) is 4.68 Å². The van der Waals surface area contributed by atoms with Crippen LogP contribution in [0.25, 0.3) is 16.5 Å². The Morgan fingerprint density at radius 2 is 1.81 bits per heavy atom. The van der Waals surface area contributed by atoms with Crippen molar-refractivity contribution in [2.75, 3.05) is 0 Å². The molecule has 4 heteroatoms. The molecule has 0 bridgehead atoms. The predicted octanol–water partition coefficient (Wildman–Crippen LogP) is 3.97. The molecule has 1 saturated carbocycles. The van der Waals surface area contributed by atoms with Crippen molar-refractivity contribution >= 4 is 26.7 Å². The average molecular weight is 343 g/mol. The van der Waals surface area contributed by atoms with Crippen molar-refractivity contribution in [2.24, 2.45) is 7.05 Å². The molecule has 0 amide bonds. The molecule has 0 radical (unpaired) electrons. The quantitative estimate of drug-likeness (QED) is 0.692. The highest BCUT2D eigenvalue weighted by atomic mass is 79.9. The van der Waals surface area contributed by atoms with Gasteiger partial charge in [0.1, 0.15) is 4.47 Å². The molecule has 0 spiro atoms. The average Bonchev–Trinajstić information content (AvgIpc) is 3.29. The van der Waals surface area contributed by atoms with Gasteiger partial charge in [0.2, 0.25) is 0 Å². The van der Waals surface area contributed by atoms with Crippen LogP contribution in [0.3, 0.4) is 0 Å². The minimum atomic E-state index is 0.0238. The Labute approximate surface area is 130 Å². The molecule has 3 nitrogen and oxygen atoms in total. The number of hydrogen-bond donors (Lipinski definition) is 0. The fourth-order valence-corrected chi connectivity index (χ4v) is 3.80. The lowest BCUT2D eigenvalue weighted by Gasteiger charge is -2.12. The van der Waals surface area contributed by atoms with Crippen LogP contribution in [-0.4, -0.2) is 9.36 Å². The molecule has 0 atom stereocenters. The number of benzene rings is 2. The topological polar surface area (TPSA) is 26.9 Å². The molecular formula is C17H15BrN2O. The van der Waals surface area contributed by atoms with Gasteiger partial charge in [-0.05, 0) is 40.2 Å². The van der Waals surface area contributed by atoms with Crippen molar-refractivity contribution in [3.63, 3.8) is 0 Å². The number of rotatable bonds is 2. The highest BCUT2D eigenvalue weighted by Gasteiger charge is 2.32. The minimum Gasteiger partial charge on any atom is -0.284 e. The van der Waals surface area contributed by atoms with Crippen molar-refractivity contribution in [1.82, 2.24) is 9.36 Å². The van der Waals surface area contributed by atoms with Crippen molar-refractivity contribution in [2.45, 2.75) is 18.8 Å². The van der Waals surface area contributed by atoms with Gasteiger partial charge in [-0.2, -0.15) is 0 Å². The number of hydrogen-bond acceptors (Lipinski definition) is 1. The summed E-state index contributed by atoms with van der Waals surface area (Å²) in [7, 11) is 1.97. The Hall–Kier alpha value is -1.81. The minimum absolute atomic E-state index is 0.0238. The summed E-state index contributed by atoms with van der Waals surface area (Å²) in [5.74, 6) is 0.522. The van der Waals surface area contributed by atoms with Crippen LogP contribution in [-0.2, 0) is 7.05 Å². The van der Waals surface area contributed by atoms with E-state index >= 15 is 0 Å². The second-order valence-electron chi connectivity index (χ2n) is 5.61. The first-order valence-corrected chi connectivity index (χ1v) is 7.93. The molecule has 4 rings (SSSR count). The van der Waals surface area contributed by atoms with Gasteiger partial charge < -0.3 is 0 Å². The third-order valence-corrected chi connectivity index (χ3v) is 4.96. The normalized spacial score (nSPS) is 14.8. The third kappa shape index (κ3) is 1.89. The zero-order valence-corrected chi connectivity index (χ0v) is 13.3. The Bertz CT molecular complexity index is 898. The molecule has 0 N–H and O–H groups in total. The molecule has 106 valence electrons. The summed E-state index contributed by atoms with van der Waals surface area (Å²) in [6.07, 6.45) is 2.34. The van der Waals surface area contributed by atoms with Gasteiger partial charge in [-0.3, -0.25) is 9.48 Å². The van der Waals surface area contributed by atoms with Crippen molar-refractivity contribution in [3.8, 4) is 5.69 Å². The van der Waals surface area contributed by atoms with Gasteiger partial charge in [-0.25, -0.2) is 4.68 Å². The summed E-state index contributed by atoms with van der Waals surface area (Å²) in [5.41, 5.74) is 2.08. The van der Waals surface area contributed by atoms with E-state index < -0.39 is 0 Å². The van der Waals surface area contributed by atoms with Crippen molar-refractivity contribution in [1.29, 1.82) is 0 Å². The Balaban J connectivity index is 2.06. The molecule has 3 aromatic rings. The van der Waals surface area contributed by atoms with Crippen LogP contribution in [0, 0.1) is 0 Å². The van der Waals surface area contributed by atoms with Gasteiger partial charge in [0, 0.05) is 18.4 Å². The lowest BCUT2D eigenvalue weighted by atomic mass is 10.1. The summed E-state index contributed by atoms with van der Waals surface area (Å²) in [6.45, 7) is 0. The molecule has 1 aliphatic carbocycles. The summed E-state index contributed by atoms with van der Waals surface area (Å²) in [4.78, 5) is 12.7. The molecule has 0 saturated heterocycles. The van der Waals surface area contributed by atoms with Crippen molar-refractivity contribution < 1.29 is 0 Å². The van der Waals surface area contributed by atoms with Gasteiger partial charge in [-0.1, -0.05) is 36.4 Å². The first-order chi connectivity index (χ1) is 10.2. The van der Waals surface area contributed by atoms with Gasteiger partial charge in [0.15, 0.2) is 0 Å². The summed E-state index contributed by atoms with van der Waals surface area (Å²) in [5, 5.41) is 2.24. The van der Waals surface area contributed by atoms with Crippen LogP contribution in [0.2, 0.25) is 0 Å². The fraction of sp³-hybridized carbons (Fsp3) is 0.235. The van der Waals surface area contributed by atoms with Crippen LogP contribution in [0.5, 0.6) is 0 Å². The van der Waals surface area contributed by atoms with Crippen LogP contribution < -0.4 is 5.56 Å². The molecule has 1 aromatic heterocycles. The number of aromatic nitrogens is 2. The molecular weight excluding hydrogens is 328 g/mol. The Morgan fingerprint density at radius 1 is 1.10 bits per heavy atom. The van der Waals surface area contributed by atoms with Gasteiger partial charge in [-0.15, -0.1) is 0 Å². The number of nitrogens with zero attached hydrogens (tertiary/aromatic N) is 2. The Kier molecular flexibility index (Phi) is 2.82. The summed E-state index contributed by atoms with van der Waals surface area (Å²) >= 11 is 3.50. The zero-order valence-electron chi connectivity index (χ0n) is 11.7. The number of fused-ring (bicyclic) bond motifs is 1. The zero-order chi connectivity index (χ0) is 14.6. The molecule has 1 aliphatic rings. The largest absolute Gasteiger partial charge is 0.286 e. The summed E-state index contributed by atoms with van der Waals surface area (Å²) in [6, 6.07) is 14.2. The second-order valence-corrected chi connectivity index (χ2v) is 6.41. The lowest BCUT2D eigenvalue weighted by molar-refractivity contribution is 0.618. The maximum atomic E-state index is 12.7. The first kappa shape index (κ1) is 12.9. The van der Waals surface area contributed by atoms with Crippen LogP contribution in [0.1, 0.15) is 24.5 Å². The van der Waals surface area contributed by atoms with E-state index in [2.05, 4.69) is 34.1 Å². The Morgan fingerprint density at radius 3 is 2.57 bits per heavy atom. The highest BCUT2D eigenvalue weighted by Crippen LogP contribution is 2.42.